The summed E-state index contributed by atoms with van der Waals surface area (Å²) in [5, 5.41) is 0. The molecule has 0 bridgehead atoms. The van der Waals surface area contributed by atoms with Crippen molar-refractivity contribution in [2.75, 3.05) is 0 Å². The molecule has 0 amide bonds. The minimum Gasteiger partial charge on any atom is -0.378 e. The molecular formula is C22H20BrNO3S. The van der Waals surface area contributed by atoms with Gasteiger partial charge in [0, 0.05) is 6.21 Å². The number of hydrogen-bond donors (Lipinski definition) is 0. The van der Waals surface area contributed by atoms with Crippen molar-refractivity contribution in [2.45, 2.75) is 25.7 Å². The molecule has 0 aliphatic heterocycles. The summed E-state index contributed by atoms with van der Waals surface area (Å²) in [6.45, 7) is 5.95. The standard InChI is InChI=1S/C22H20BrNO3S/c1-15-4-8-19(9-5-15)28(25,26)27-22-11-7-18(13-20(22)23)14-24-21-10-6-16(2)12-17(21)3/h4-14H,1-3H3. The molecular weight excluding hydrogens is 438 g/mol. The largest absolute Gasteiger partial charge is 0.378 e. The van der Waals surface area contributed by atoms with Gasteiger partial charge in [0.25, 0.3) is 0 Å². The summed E-state index contributed by atoms with van der Waals surface area (Å²) in [6, 6.07) is 17.7. The number of aryl methyl sites for hydroxylation is 3. The van der Waals surface area contributed by atoms with E-state index in [0.29, 0.717) is 4.47 Å². The fraction of sp³-hybridized carbons (Fsp3) is 0.136. The first kappa shape index (κ1) is 20.3. The molecule has 3 rings (SSSR count). The average Bonchev–Trinajstić information content (AvgIpc) is 2.63. The molecule has 0 heterocycles. The molecule has 28 heavy (non-hydrogen) atoms. The highest BCUT2D eigenvalue weighted by molar-refractivity contribution is 9.10. The van der Waals surface area contributed by atoms with Crippen molar-refractivity contribution in [3.8, 4) is 5.75 Å². The number of aliphatic imine (C=N–C) groups is 1. The summed E-state index contributed by atoms with van der Waals surface area (Å²) < 4.78 is 30.7. The third kappa shape index (κ3) is 4.88. The second-order valence-electron chi connectivity index (χ2n) is 6.59. The summed E-state index contributed by atoms with van der Waals surface area (Å²) in [4.78, 5) is 4.63. The van der Waals surface area contributed by atoms with Crippen LogP contribution in [0.25, 0.3) is 0 Å². The van der Waals surface area contributed by atoms with Crippen molar-refractivity contribution in [2.24, 2.45) is 4.99 Å². The van der Waals surface area contributed by atoms with Crippen LogP contribution < -0.4 is 4.18 Å². The predicted octanol–water partition coefficient (Wildman–Crippen LogP) is 5.89. The molecule has 0 N–H and O–H groups in total. The van der Waals surface area contributed by atoms with Gasteiger partial charge in [-0.2, -0.15) is 8.42 Å². The first-order chi connectivity index (χ1) is 13.2. The topological polar surface area (TPSA) is 55.7 Å². The highest BCUT2D eigenvalue weighted by Crippen LogP contribution is 2.29. The van der Waals surface area contributed by atoms with Crippen LogP contribution in [0, 0.1) is 20.8 Å². The monoisotopic (exact) mass is 457 g/mol. The Balaban J connectivity index is 1.80. The summed E-state index contributed by atoms with van der Waals surface area (Å²) in [5.74, 6) is 0.226. The molecule has 0 unspecified atom stereocenters. The molecule has 0 fully saturated rings. The van der Waals surface area contributed by atoms with Gasteiger partial charge in [0.15, 0.2) is 5.75 Å². The van der Waals surface area contributed by atoms with Crippen LogP contribution in [0.1, 0.15) is 22.3 Å². The van der Waals surface area contributed by atoms with Gasteiger partial charge < -0.3 is 4.18 Å². The maximum absolute atomic E-state index is 12.5. The fourth-order valence-corrected chi connectivity index (χ4v) is 4.16. The minimum atomic E-state index is -3.89. The molecule has 0 aromatic heterocycles. The Morgan fingerprint density at radius 2 is 1.57 bits per heavy atom. The zero-order valence-electron chi connectivity index (χ0n) is 15.8. The normalized spacial score (nSPS) is 11.7. The molecule has 0 saturated heterocycles. The molecule has 4 nitrogen and oxygen atoms in total. The van der Waals surface area contributed by atoms with E-state index in [1.807, 2.05) is 32.9 Å². The van der Waals surface area contributed by atoms with E-state index in [1.165, 1.54) is 17.7 Å². The first-order valence-electron chi connectivity index (χ1n) is 8.67. The van der Waals surface area contributed by atoms with Crippen molar-refractivity contribution in [1.29, 1.82) is 0 Å². The van der Waals surface area contributed by atoms with Crippen LogP contribution in [0.15, 0.2) is 75.0 Å². The number of halogens is 1. The Bertz CT molecular complexity index is 1140. The lowest BCUT2D eigenvalue weighted by atomic mass is 10.1. The molecule has 0 saturated carbocycles. The van der Waals surface area contributed by atoms with Crippen LogP contribution in [-0.4, -0.2) is 14.6 Å². The second kappa shape index (κ2) is 8.29. The van der Waals surface area contributed by atoms with Gasteiger partial charge in [-0.1, -0.05) is 35.4 Å². The Morgan fingerprint density at radius 3 is 2.21 bits per heavy atom. The van der Waals surface area contributed by atoms with Gasteiger partial charge in [-0.15, -0.1) is 0 Å². The van der Waals surface area contributed by atoms with Crippen LogP contribution in [0.2, 0.25) is 0 Å². The van der Waals surface area contributed by atoms with E-state index in [1.54, 1.807) is 36.5 Å². The van der Waals surface area contributed by atoms with E-state index in [0.717, 1.165) is 22.4 Å². The lowest BCUT2D eigenvalue weighted by molar-refractivity contribution is 0.484. The summed E-state index contributed by atoms with van der Waals surface area (Å²) >= 11 is 3.38. The van der Waals surface area contributed by atoms with E-state index in [4.69, 9.17) is 4.18 Å². The number of rotatable bonds is 5. The zero-order valence-corrected chi connectivity index (χ0v) is 18.2. The molecule has 3 aromatic carbocycles. The Morgan fingerprint density at radius 1 is 0.893 bits per heavy atom. The molecule has 6 heteroatoms. The Kier molecular flexibility index (Phi) is 6.01. The van der Waals surface area contributed by atoms with Crippen molar-refractivity contribution < 1.29 is 12.6 Å². The molecule has 0 aliphatic carbocycles. The predicted molar refractivity (Wildman–Crippen MR) is 116 cm³/mol. The third-order valence-electron chi connectivity index (χ3n) is 4.17. The minimum absolute atomic E-state index is 0.116. The Hall–Kier alpha value is -2.44. The van der Waals surface area contributed by atoms with E-state index in [2.05, 4.69) is 27.0 Å². The van der Waals surface area contributed by atoms with Gasteiger partial charge in [0.05, 0.1) is 10.2 Å². The highest BCUT2D eigenvalue weighted by atomic mass is 79.9. The van der Waals surface area contributed by atoms with Gasteiger partial charge in [0.1, 0.15) is 4.90 Å². The lowest BCUT2D eigenvalue weighted by Gasteiger charge is -2.09. The maximum Gasteiger partial charge on any atom is 0.339 e. The van der Waals surface area contributed by atoms with Gasteiger partial charge in [-0.3, -0.25) is 4.99 Å². The molecule has 0 spiro atoms. The SMILES string of the molecule is Cc1ccc(S(=O)(=O)Oc2ccc(C=Nc3ccc(C)cc3C)cc2Br)cc1. The molecule has 3 aromatic rings. The smallest absolute Gasteiger partial charge is 0.339 e. The van der Waals surface area contributed by atoms with E-state index >= 15 is 0 Å². The Labute approximate surface area is 174 Å². The van der Waals surface area contributed by atoms with Crippen molar-refractivity contribution in [1.82, 2.24) is 0 Å². The quantitative estimate of drug-likeness (QED) is 0.354. The van der Waals surface area contributed by atoms with E-state index < -0.39 is 10.1 Å². The van der Waals surface area contributed by atoms with Gasteiger partial charge in [0.2, 0.25) is 0 Å². The summed E-state index contributed by atoms with van der Waals surface area (Å²) in [6.07, 6.45) is 1.74. The van der Waals surface area contributed by atoms with Crippen LogP contribution in [0.3, 0.4) is 0 Å². The second-order valence-corrected chi connectivity index (χ2v) is 8.99. The van der Waals surface area contributed by atoms with Gasteiger partial charge in [-0.25, -0.2) is 0 Å². The van der Waals surface area contributed by atoms with Crippen LogP contribution >= 0.6 is 15.9 Å². The van der Waals surface area contributed by atoms with E-state index in [9.17, 15) is 8.42 Å². The number of benzene rings is 3. The molecule has 0 aliphatic rings. The molecule has 0 radical (unpaired) electrons. The maximum atomic E-state index is 12.5. The fourth-order valence-electron chi connectivity index (χ4n) is 2.63. The van der Waals surface area contributed by atoms with Gasteiger partial charge in [-0.05, 0) is 84.2 Å². The van der Waals surface area contributed by atoms with Crippen LogP contribution in [-0.2, 0) is 10.1 Å². The number of hydrogen-bond acceptors (Lipinski definition) is 4. The van der Waals surface area contributed by atoms with E-state index in [-0.39, 0.29) is 10.6 Å². The first-order valence-corrected chi connectivity index (χ1v) is 10.9. The molecule has 0 atom stereocenters. The van der Waals surface area contributed by atoms with Crippen molar-refractivity contribution in [3.63, 3.8) is 0 Å². The third-order valence-corrected chi connectivity index (χ3v) is 6.04. The van der Waals surface area contributed by atoms with Gasteiger partial charge >= 0.3 is 10.1 Å². The lowest BCUT2D eigenvalue weighted by Crippen LogP contribution is -2.10. The average molecular weight is 458 g/mol. The van der Waals surface area contributed by atoms with Crippen LogP contribution in [0.4, 0.5) is 5.69 Å². The van der Waals surface area contributed by atoms with Crippen molar-refractivity contribution >= 4 is 38.0 Å². The van der Waals surface area contributed by atoms with Crippen LogP contribution in [0.5, 0.6) is 5.75 Å². The number of nitrogens with zero attached hydrogens (tertiary/aromatic N) is 1. The summed E-state index contributed by atoms with van der Waals surface area (Å²) in [5.41, 5.74) is 4.98. The highest BCUT2D eigenvalue weighted by Gasteiger charge is 2.18. The summed E-state index contributed by atoms with van der Waals surface area (Å²) in [7, 11) is -3.89. The zero-order chi connectivity index (χ0) is 20.3. The van der Waals surface area contributed by atoms with Crippen molar-refractivity contribution in [3.05, 3.63) is 87.4 Å². The molecule has 144 valence electrons.